The van der Waals surface area contributed by atoms with Crippen LogP contribution in [0.25, 0.3) is 10.2 Å². The second-order valence-corrected chi connectivity index (χ2v) is 18.2. The number of aromatic nitrogens is 2. The number of amides is 3. The van der Waals surface area contributed by atoms with E-state index in [1.165, 1.54) is 17.4 Å². The van der Waals surface area contributed by atoms with E-state index in [4.69, 9.17) is 4.98 Å². The number of thiazole rings is 1. The van der Waals surface area contributed by atoms with E-state index in [-0.39, 0.29) is 35.0 Å². The standard InChI is InChI=1S/C41H46F3N9O5S/c1-39(2,58)24-16-27-31(17-26(24)46-35(55)25-6-4-9-32(45-25)41(42,43)44)59-37(47-27)52-19-23(20-52)18-50-21-40(22-50)12-14-51(15-13-40)28-7-5-8-29-34(28)49(3)38(57)53(29)30-10-11-33(54)48-36(30)56/h4-9,16-17,23,30,38,57-58H,10-15,18-22H2,1-3H3,(H,46,55)(H,48,54,56). The Morgan fingerprint density at radius 2 is 1.73 bits per heavy atom. The van der Waals surface area contributed by atoms with Gasteiger partial charge in [0, 0.05) is 76.5 Å². The highest BCUT2D eigenvalue weighted by Gasteiger charge is 2.48. The molecule has 1 spiro atoms. The number of fused-ring (bicyclic) bond motifs is 2. The van der Waals surface area contributed by atoms with Gasteiger partial charge in [0.2, 0.25) is 18.2 Å². The van der Waals surface area contributed by atoms with Gasteiger partial charge in [0.15, 0.2) is 5.13 Å². The van der Waals surface area contributed by atoms with Gasteiger partial charge in [0.05, 0.1) is 32.9 Å². The largest absolute Gasteiger partial charge is 0.433 e. The Morgan fingerprint density at radius 1 is 1.02 bits per heavy atom. The van der Waals surface area contributed by atoms with Crippen molar-refractivity contribution in [3.05, 3.63) is 65.5 Å². The molecular formula is C41H46F3N9O5S. The fourth-order valence-corrected chi connectivity index (χ4v) is 10.4. The molecule has 7 heterocycles. The van der Waals surface area contributed by atoms with Gasteiger partial charge in [-0.3, -0.25) is 19.7 Å². The highest BCUT2D eigenvalue weighted by molar-refractivity contribution is 7.22. The molecule has 3 amide bonds. The molecule has 0 saturated carbocycles. The van der Waals surface area contributed by atoms with Gasteiger partial charge < -0.3 is 40.0 Å². The van der Waals surface area contributed by atoms with E-state index < -0.39 is 35.8 Å². The molecule has 2 aromatic heterocycles. The van der Waals surface area contributed by atoms with Crippen LogP contribution in [-0.4, -0.2) is 108 Å². The third-order valence-electron chi connectivity index (χ3n) is 12.5. The SMILES string of the molecule is CN1c2c(N3CCC4(CC3)CN(CC3CN(c5nc6cc(C(C)(C)O)c(NC(=O)c7cccc(C(F)(F)F)n7)cc6s5)C3)C4)cccc2N(C2CCC(=O)NC2=O)C1O. The Hall–Kier alpha value is -5.04. The van der Waals surface area contributed by atoms with Gasteiger partial charge in [-0.1, -0.05) is 23.5 Å². The summed E-state index contributed by atoms with van der Waals surface area (Å²) in [5, 5.41) is 28.1. The Balaban J connectivity index is 0.796. The number of carbonyl (C=O) groups excluding carboxylic acids is 3. The third kappa shape index (κ3) is 7.23. The molecule has 4 N–H and O–H groups in total. The lowest BCUT2D eigenvalue weighted by Gasteiger charge is -2.56. The average Bonchev–Trinajstić information content (AvgIpc) is 3.68. The number of imide groups is 1. The van der Waals surface area contributed by atoms with E-state index in [1.807, 2.05) is 24.1 Å². The van der Waals surface area contributed by atoms with Crippen molar-refractivity contribution in [2.75, 3.05) is 77.8 Å². The van der Waals surface area contributed by atoms with Crippen molar-refractivity contribution in [1.82, 2.24) is 20.2 Å². The van der Waals surface area contributed by atoms with Gasteiger partial charge in [-0.05, 0) is 74.9 Å². The highest BCUT2D eigenvalue weighted by atomic mass is 32.1. The molecule has 2 aromatic carbocycles. The molecule has 0 aliphatic carbocycles. The van der Waals surface area contributed by atoms with Crippen LogP contribution in [0.15, 0.2) is 48.5 Å². The first kappa shape index (κ1) is 39.4. The number of halogens is 3. The van der Waals surface area contributed by atoms with Crippen molar-refractivity contribution in [3.63, 3.8) is 0 Å². The van der Waals surface area contributed by atoms with Gasteiger partial charge in [0.25, 0.3) is 5.91 Å². The molecule has 4 saturated heterocycles. The smallest absolute Gasteiger partial charge is 0.386 e. The zero-order chi connectivity index (χ0) is 41.6. The first-order valence-electron chi connectivity index (χ1n) is 19.9. The van der Waals surface area contributed by atoms with Crippen molar-refractivity contribution in [1.29, 1.82) is 0 Å². The number of carbonyl (C=O) groups is 3. The van der Waals surface area contributed by atoms with Gasteiger partial charge in [-0.2, -0.15) is 13.2 Å². The molecule has 59 heavy (non-hydrogen) atoms. The number of likely N-dealkylation sites (tertiary alicyclic amines) is 1. The maximum Gasteiger partial charge on any atom is 0.433 e. The number of aliphatic hydroxyl groups excluding tert-OH is 1. The predicted octanol–water partition coefficient (Wildman–Crippen LogP) is 4.57. The summed E-state index contributed by atoms with van der Waals surface area (Å²) >= 11 is 1.46. The van der Waals surface area contributed by atoms with Crippen molar-refractivity contribution < 1.29 is 37.8 Å². The van der Waals surface area contributed by atoms with E-state index in [2.05, 4.69) is 36.4 Å². The number of anilines is 5. The van der Waals surface area contributed by atoms with Gasteiger partial charge in [0.1, 0.15) is 17.4 Å². The molecule has 2 unspecified atom stereocenters. The maximum absolute atomic E-state index is 13.2. The number of aliphatic hydroxyl groups is 2. The van der Waals surface area contributed by atoms with Crippen LogP contribution in [0.2, 0.25) is 0 Å². The normalized spacial score (nSPS) is 22.4. The van der Waals surface area contributed by atoms with Crippen LogP contribution in [0.4, 0.5) is 41.1 Å². The quantitative estimate of drug-likeness (QED) is 0.184. The summed E-state index contributed by atoms with van der Waals surface area (Å²) < 4.78 is 40.5. The number of para-hydroxylation sites is 1. The summed E-state index contributed by atoms with van der Waals surface area (Å²) in [5.74, 6) is -0.996. The number of rotatable bonds is 8. The third-order valence-corrected chi connectivity index (χ3v) is 13.6. The van der Waals surface area contributed by atoms with Gasteiger partial charge in [-0.25, -0.2) is 9.97 Å². The Morgan fingerprint density at radius 3 is 2.42 bits per heavy atom. The molecule has 5 aliphatic heterocycles. The molecule has 4 aromatic rings. The number of hydrogen-bond donors (Lipinski definition) is 4. The minimum Gasteiger partial charge on any atom is -0.386 e. The minimum atomic E-state index is -4.69. The number of alkyl halides is 3. The zero-order valence-electron chi connectivity index (χ0n) is 32.9. The average molecular weight is 834 g/mol. The van der Waals surface area contributed by atoms with Crippen LogP contribution in [0, 0.1) is 11.3 Å². The topological polar surface area (TPSA) is 158 Å². The lowest BCUT2D eigenvalue weighted by molar-refractivity contribution is -0.141. The highest BCUT2D eigenvalue weighted by Crippen LogP contribution is 2.49. The van der Waals surface area contributed by atoms with Crippen LogP contribution in [0.3, 0.4) is 0 Å². The first-order chi connectivity index (χ1) is 28.0. The number of nitrogens with one attached hydrogen (secondary N) is 2. The van der Waals surface area contributed by atoms with Crippen LogP contribution >= 0.6 is 11.3 Å². The molecule has 18 heteroatoms. The number of piperidine rings is 2. The lowest BCUT2D eigenvalue weighted by atomic mass is 9.71. The number of pyridine rings is 1. The predicted molar refractivity (Wildman–Crippen MR) is 218 cm³/mol. The summed E-state index contributed by atoms with van der Waals surface area (Å²) in [6.45, 7) is 9.75. The van der Waals surface area contributed by atoms with E-state index in [9.17, 15) is 37.8 Å². The summed E-state index contributed by atoms with van der Waals surface area (Å²) in [7, 11) is 1.84. The van der Waals surface area contributed by atoms with E-state index >= 15 is 0 Å². The second kappa shape index (κ2) is 14.3. The lowest BCUT2D eigenvalue weighted by Crippen LogP contribution is -2.63. The molecular weight excluding hydrogens is 788 g/mol. The Bertz CT molecular complexity index is 2330. The fourth-order valence-electron chi connectivity index (χ4n) is 9.44. The molecule has 4 fully saturated rings. The molecule has 0 bridgehead atoms. The summed E-state index contributed by atoms with van der Waals surface area (Å²) in [6.07, 6.45) is -2.99. The number of benzene rings is 2. The van der Waals surface area contributed by atoms with Crippen LogP contribution in [0.5, 0.6) is 0 Å². The number of nitrogens with zero attached hydrogens (tertiary/aromatic N) is 7. The molecule has 5 aliphatic rings. The Labute approximate surface area is 342 Å². The zero-order valence-corrected chi connectivity index (χ0v) is 33.7. The van der Waals surface area contributed by atoms with E-state index in [1.54, 1.807) is 30.9 Å². The molecule has 9 rings (SSSR count). The first-order valence-corrected chi connectivity index (χ1v) is 20.7. The van der Waals surface area contributed by atoms with Crippen LogP contribution in [-0.2, 0) is 21.4 Å². The van der Waals surface area contributed by atoms with Crippen LogP contribution in [0.1, 0.15) is 61.3 Å². The summed E-state index contributed by atoms with van der Waals surface area (Å²) in [6, 6.07) is 11.9. The second-order valence-electron chi connectivity index (χ2n) is 17.2. The maximum atomic E-state index is 13.2. The monoisotopic (exact) mass is 833 g/mol. The van der Waals surface area contributed by atoms with Crippen molar-refractivity contribution in [3.8, 4) is 0 Å². The van der Waals surface area contributed by atoms with Gasteiger partial charge in [-0.15, -0.1) is 0 Å². The fraction of sp³-hybridized carbons (Fsp3) is 0.488. The van der Waals surface area contributed by atoms with E-state index in [0.29, 0.717) is 23.4 Å². The van der Waals surface area contributed by atoms with Crippen molar-refractivity contribution in [2.24, 2.45) is 11.3 Å². The summed E-state index contributed by atoms with van der Waals surface area (Å²) in [5.41, 5.74) is 1.41. The van der Waals surface area contributed by atoms with Gasteiger partial charge >= 0.3 is 6.18 Å². The number of hydrogen-bond acceptors (Lipinski definition) is 13. The minimum absolute atomic E-state index is 0.237. The van der Waals surface area contributed by atoms with Crippen molar-refractivity contribution >= 4 is 67.2 Å². The van der Waals surface area contributed by atoms with Crippen molar-refractivity contribution in [2.45, 2.75) is 63.7 Å². The summed E-state index contributed by atoms with van der Waals surface area (Å²) in [4.78, 5) is 56.7. The molecule has 14 nitrogen and oxygen atoms in total. The molecule has 0 radical (unpaired) electrons. The van der Waals surface area contributed by atoms with E-state index in [0.717, 1.165) is 97.7 Å². The molecule has 312 valence electrons. The molecule has 2 atom stereocenters. The Kier molecular flexibility index (Phi) is 9.56. The van der Waals surface area contributed by atoms with Crippen LogP contribution < -0.4 is 30.2 Å².